The van der Waals surface area contributed by atoms with Gasteiger partial charge in [0.05, 0.1) is 11.4 Å². The van der Waals surface area contributed by atoms with Crippen LogP contribution in [0.25, 0.3) is 17.0 Å². The highest BCUT2D eigenvalue weighted by Gasteiger charge is 2.44. The third-order valence-electron chi connectivity index (χ3n) is 7.90. The van der Waals surface area contributed by atoms with Gasteiger partial charge in [0.25, 0.3) is 10.0 Å². The number of imidazole rings is 1. The highest BCUT2D eigenvalue weighted by atomic mass is 32.2. The van der Waals surface area contributed by atoms with Crippen LogP contribution < -0.4 is 4.72 Å². The number of sulfonamides is 1. The van der Waals surface area contributed by atoms with Crippen molar-refractivity contribution >= 4 is 21.7 Å². The van der Waals surface area contributed by atoms with Crippen molar-refractivity contribution in [3.05, 3.63) is 114 Å². The van der Waals surface area contributed by atoms with E-state index in [2.05, 4.69) is 9.71 Å². The summed E-state index contributed by atoms with van der Waals surface area (Å²) in [6, 6.07) is 29.1. The number of esters is 1. The number of aryl methyl sites for hydroxylation is 2. The van der Waals surface area contributed by atoms with Crippen LogP contribution in [0.3, 0.4) is 0 Å². The number of rotatable bonds is 12. The maximum absolute atomic E-state index is 14.0. The number of cyclic esters (lactones) is 1. The van der Waals surface area contributed by atoms with Crippen molar-refractivity contribution < 1.29 is 23.1 Å². The lowest BCUT2D eigenvalue weighted by Crippen LogP contribution is -2.42. The Morgan fingerprint density at radius 3 is 1.91 bits per heavy atom. The summed E-state index contributed by atoms with van der Waals surface area (Å²) in [5.74, 6) is -0.980. The first kappa shape index (κ1) is 30.3. The largest absolute Gasteiger partial charge is 0.510 e. The van der Waals surface area contributed by atoms with Gasteiger partial charge in [-0.3, -0.25) is 4.57 Å². The Balaban J connectivity index is 1.61. The molecule has 1 aliphatic rings. The molecule has 8 nitrogen and oxygen atoms in total. The van der Waals surface area contributed by atoms with Crippen LogP contribution in [-0.2, 0) is 38.8 Å². The van der Waals surface area contributed by atoms with E-state index in [1.165, 1.54) is 11.6 Å². The van der Waals surface area contributed by atoms with Gasteiger partial charge in [-0.2, -0.15) is 0 Å². The molecule has 5 rings (SSSR count). The molecule has 0 spiro atoms. The molecule has 0 saturated heterocycles. The number of nitrogens with zero attached hydrogens (tertiary/aromatic N) is 2. The van der Waals surface area contributed by atoms with E-state index in [0.29, 0.717) is 55.5 Å². The van der Waals surface area contributed by atoms with E-state index in [4.69, 9.17) is 4.74 Å². The second-order valence-corrected chi connectivity index (χ2v) is 12.6. The van der Waals surface area contributed by atoms with Gasteiger partial charge in [0.1, 0.15) is 11.4 Å². The standard InChI is InChI=1S/C34H37N3O5S/c1-3-13-28-30(27-18-11-6-12-19-27)36-33(43(40,41)35-2)37(28)31-29(38)24-34(42-32(31)39,22-20-25-14-7-4-8-15-25)23-21-26-16-9-5-10-17-26/h4-12,14-19,35,38H,3,13,20-24H2,1-2H3. The fourth-order valence-electron chi connectivity index (χ4n) is 5.67. The molecule has 4 aromatic rings. The van der Waals surface area contributed by atoms with Gasteiger partial charge in [0.2, 0.25) is 5.16 Å². The minimum Gasteiger partial charge on any atom is -0.510 e. The summed E-state index contributed by atoms with van der Waals surface area (Å²) < 4.78 is 36.4. The summed E-state index contributed by atoms with van der Waals surface area (Å²) in [6.07, 6.45) is 3.42. The molecule has 0 unspecified atom stereocenters. The zero-order chi connectivity index (χ0) is 30.5. The second kappa shape index (κ2) is 13.0. The molecular formula is C34H37N3O5S. The topological polar surface area (TPSA) is 111 Å². The van der Waals surface area contributed by atoms with Crippen LogP contribution in [0.1, 0.15) is 49.4 Å². The van der Waals surface area contributed by atoms with E-state index in [9.17, 15) is 18.3 Å². The van der Waals surface area contributed by atoms with E-state index < -0.39 is 21.6 Å². The molecule has 2 N–H and O–H groups in total. The Labute approximate surface area is 253 Å². The summed E-state index contributed by atoms with van der Waals surface area (Å²) in [7, 11) is -2.83. The Kier molecular flexibility index (Phi) is 9.13. The fourth-order valence-corrected chi connectivity index (χ4v) is 6.51. The maximum Gasteiger partial charge on any atom is 0.359 e. The average Bonchev–Trinajstić information content (AvgIpc) is 3.40. The lowest BCUT2D eigenvalue weighted by Gasteiger charge is -2.38. The summed E-state index contributed by atoms with van der Waals surface area (Å²) in [4.78, 5) is 18.5. The number of carbonyl (C=O) groups excluding carboxylic acids is 1. The van der Waals surface area contributed by atoms with E-state index >= 15 is 0 Å². The smallest absolute Gasteiger partial charge is 0.359 e. The van der Waals surface area contributed by atoms with Crippen molar-refractivity contribution in [1.29, 1.82) is 0 Å². The molecule has 0 atom stereocenters. The number of aliphatic hydroxyl groups is 1. The van der Waals surface area contributed by atoms with Gasteiger partial charge in [-0.25, -0.2) is 22.9 Å². The first-order valence-electron chi connectivity index (χ1n) is 14.6. The Morgan fingerprint density at radius 1 is 0.884 bits per heavy atom. The zero-order valence-corrected chi connectivity index (χ0v) is 25.3. The molecule has 224 valence electrons. The number of ether oxygens (including phenoxy) is 1. The van der Waals surface area contributed by atoms with E-state index in [1.807, 2.05) is 97.9 Å². The Bertz CT molecular complexity index is 1660. The van der Waals surface area contributed by atoms with Crippen molar-refractivity contribution in [3.8, 4) is 11.3 Å². The van der Waals surface area contributed by atoms with Crippen LogP contribution in [-0.4, -0.2) is 41.7 Å². The second-order valence-electron chi connectivity index (χ2n) is 10.9. The zero-order valence-electron chi connectivity index (χ0n) is 24.5. The molecule has 2 heterocycles. The monoisotopic (exact) mass is 599 g/mol. The average molecular weight is 600 g/mol. The summed E-state index contributed by atoms with van der Waals surface area (Å²) in [6.45, 7) is 1.96. The predicted octanol–water partition coefficient (Wildman–Crippen LogP) is 6.09. The fraction of sp³-hybridized carbons (Fsp3) is 0.294. The molecule has 9 heteroatoms. The van der Waals surface area contributed by atoms with E-state index in [1.54, 1.807) is 0 Å². The van der Waals surface area contributed by atoms with Crippen molar-refractivity contribution in [2.75, 3.05) is 7.05 Å². The number of hydrogen-bond acceptors (Lipinski definition) is 6. The van der Waals surface area contributed by atoms with Gasteiger partial charge in [0, 0.05) is 12.0 Å². The number of aliphatic hydroxyl groups excluding tert-OH is 1. The van der Waals surface area contributed by atoms with Crippen molar-refractivity contribution in [2.45, 2.75) is 62.6 Å². The Morgan fingerprint density at radius 2 is 1.42 bits per heavy atom. The van der Waals surface area contributed by atoms with Gasteiger partial charge >= 0.3 is 5.97 Å². The number of aromatic nitrogens is 2. The van der Waals surface area contributed by atoms with Gasteiger partial charge in [0.15, 0.2) is 5.70 Å². The molecule has 0 fully saturated rings. The molecule has 3 aromatic carbocycles. The molecule has 1 aliphatic heterocycles. The number of nitrogens with one attached hydrogen (secondary N) is 1. The van der Waals surface area contributed by atoms with E-state index in [0.717, 1.165) is 11.1 Å². The minimum absolute atomic E-state index is 0.0528. The van der Waals surface area contributed by atoms with Gasteiger partial charge in [-0.15, -0.1) is 0 Å². The molecule has 0 saturated carbocycles. The normalized spacial score (nSPS) is 15.0. The van der Waals surface area contributed by atoms with Crippen LogP contribution in [0.5, 0.6) is 0 Å². The van der Waals surface area contributed by atoms with Crippen molar-refractivity contribution in [3.63, 3.8) is 0 Å². The van der Waals surface area contributed by atoms with Crippen molar-refractivity contribution in [2.24, 2.45) is 0 Å². The molecule has 0 bridgehead atoms. The molecular weight excluding hydrogens is 562 g/mol. The summed E-state index contributed by atoms with van der Waals surface area (Å²) >= 11 is 0. The molecule has 1 aromatic heterocycles. The lowest BCUT2D eigenvalue weighted by atomic mass is 9.83. The predicted molar refractivity (Wildman–Crippen MR) is 167 cm³/mol. The van der Waals surface area contributed by atoms with Crippen molar-refractivity contribution in [1.82, 2.24) is 14.3 Å². The minimum atomic E-state index is -4.13. The van der Waals surface area contributed by atoms with Crippen LogP contribution >= 0.6 is 0 Å². The Hall–Kier alpha value is -4.21. The third kappa shape index (κ3) is 6.58. The highest BCUT2D eigenvalue weighted by Crippen LogP contribution is 2.40. The number of hydrogen-bond donors (Lipinski definition) is 2. The molecule has 0 amide bonds. The molecule has 0 radical (unpaired) electrons. The van der Waals surface area contributed by atoms with Crippen LogP contribution in [0, 0.1) is 0 Å². The quantitative estimate of drug-likeness (QED) is 0.191. The summed E-state index contributed by atoms with van der Waals surface area (Å²) in [5.41, 5.74) is 2.68. The van der Waals surface area contributed by atoms with Crippen LogP contribution in [0.15, 0.2) is 102 Å². The van der Waals surface area contributed by atoms with Gasteiger partial charge in [-0.05, 0) is 50.3 Å². The van der Waals surface area contributed by atoms with Crippen LogP contribution in [0.2, 0.25) is 0 Å². The summed E-state index contributed by atoms with van der Waals surface area (Å²) in [5, 5.41) is 11.3. The first-order valence-corrected chi connectivity index (χ1v) is 16.1. The van der Waals surface area contributed by atoms with E-state index in [-0.39, 0.29) is 23.0 Å². The first-order chi connectivity index (χ1) is 20.8. The maximum atomic E-state index is 14.0. The van der Waals surface area contributed by atoms with Gasteiger partial charge < -0.3 is 9.84 Å². The molecule has 43 heavy (non-hydrogen) atoms. The van der Waals surface area contributed by atoms with Gasteiger partial charge in [-0.1, -0.05) is 104 Å². The lowest BCUT2D eigenvalue weighted by molar-refractivity contribution is -0.157. The third-order valence-corrected chi connectivity index (χ3v) is 9.19. The number of benzene rings is 3. The molecule has 0 aliphatic carbocycles. The van der Waals surface area contributed by atoms with Crippen LogP contribution in [0.4, 0.5) is 0 Å². The number of carbonyl (C=O) groups is 1. The highest BCUT2D eigenvalue weighted by molar-refractivity contribution is 7.89. The SMILES string of the molecule is CCCc1c(-c2ccccc2)nc(S(=O)(=O)NC)n1C1=C(O)CC(CCc2ccccc2)(CCc2ccccc2)OC1=O.